The Bertz CT molecular complexity index is 665. The fourth-order valence-electron chi connectivity index (χ4n) is 4.07. The molecule has 0 saturated carbocycles. The van der Waals surface area contributed by atoms with Gasteiger partial charge in [0.15, 0.2) is 5.96 Å². The van der Waals surface area contributed by atoms with Gasteiger partial charge in [-0.2, -0.15) is 0 Å². The van der Waals surface area contributed by atoms with Crippen LogP contribution in [0.3, 0.4) is 0 Å². The lowest BCUT2D eigenvalue weighted by Crippen LogP contribution is -2.46. The number of aliphatic imine (C=N–C) groups is 1. The first kappa shape index (κ1) is 25.5. The molecule has 170 valence electrons. The second kappa shape index (κ2) is 12.9. The number of halogens is 2. The van der Waals surface area contributed by atoms with E-state index in [1.807, 2.05) is 18.2 Å². The van der Waals surface area contributed by atoms with Gasteiger partial charge in [0, 0.05) is 75.7 Å². The van der Waals surface area contributed by atoms with Gasteiger partial charge in [0.05, 0.1) is 0 Å². The van der Waals surface area contributed by atoms with Gasteiger partial charge in [-0.25, -0.2) is 0 Å². The summed E-state index contributed by atoms with van der Waals surface area (Å²) in [4.78, 5) is 12.3. The van der Waals surface area contributed by atoms with Gasteiger partial charge in [-0.15, -0.1) is 24.0 Å². The van der Waals surface area contributed by atoms with Crippen LogP contribution >= 0.6 is 35.6 Å². The number of nitrogens with zero attached hydrogens (tertiary/aromatic N) is 4. The van der Waals surface area contributed by atoms with Gasteiger partial charge >= 0.3 is 0 Å². The van der Waals surface area contributed by atoms with Crippen molar-refractivity contribution in [1.29, 1.82) is 0 Å². The van der Waals surface area contributed by atoms with Crippen molar-refractivity contribution in [1.82, 2.24) is 20.4 Å². The Balaban J connectivity index is 0.00000320. The summed E-state index contributed by atoms with van der Waals surface area (Å²) >= 11 is 6.16. The number of nitrogens with one attached hydrogen (secondary N) is 2. The van der Waals surface area contributed by atoms with Crippen molar-refractivity contribution in [3.05, 3.63) is 29.3 Å². The Morgan fingerprint density at radius 3 is 2.70 bits per heavy atom. The second-order valence-corrected chi connectivity index (χ2v) is 8.92. The van der Waals surface area contributed by atoms with Gasteiger partial charge in [0.2, 0.25) is 0 Å². The summed E-state index contributed by atoms with van der Waals surface area (Å²) in [6.45, 7) is 14.0. The molecule has 3 rings (SSSR count). The molecule has 2 aliphatic rings. The van der Waals surface area contributed by atoms with E-state index >= 15 is 0 Å². The Morgan fingerprint density at radius 2 is 2.00 bits per heavy atom. The summed E-state index contributed by atoms with van der Waals surface area (Å²) in [6.07, 6.45) is 1.10. The van der Waals surface area contributed by atoms with Gasteiger partial charge in [-0.1, -0.05) is 24.6 Å². The largest absolute Gasteiger partial charge is 0.369 e. The molecular weight excluding hydrogens is 511 g/mol. The molecule has 6 nitrogen and oxygen atoms in total. The molecule has 1 aromatic rings. The van der Waals surface area contributed by atoms with Crippen LogP contribution in [-0.2, 0) is 0 Å². The standard InChI is InChI=1S/C22H37ClN6.HI/c1-4-24-22(25-15-18(2)16-28-12-10-27(3)11-13-28)26-20-8-9-29(17-20)21-7-5-6-19(23)14-21;/h5-7,14,18,20H,4,8-13,15-17H2,1-3H3,(H2,24,25,26);1H. The first-order valence-electron chi connectivity index (χ1n) is 11.0. The molecule has 2 atom stereocenters. The zero-order valence-electron chi connectivity index (χ0n) is 18.6. The number of anilines is 1. The lowest BCUT2D eigenvalue weighted by atomic mass is 10.1. The van der Waals surface area contributed by atoms with E-state index < -0.39 is 0 Å². The zero-order valence-corrected chi connectivity index (χ0v) is 21.7. The van der Waals surface area contributed by atoms with Crippen molar-refractivity contribution in [3.63, 3.8) is 0 Å². The highest BCUT2D eigenvalue weighted by Gasteiger charge is 2.24. The minimum atomic E-state index is 0. The van der Waals surface area contributed by atoms with Crippen LogP contribution in [0.15, 0.2) is 29.3 Å². The number of benzene rings is 1. The first-order chi connectivity index (χ1) is 14.0. The molecule has 0 aromatic heterocycles. The summed E-state index contributed by atoms with van der Waals surface area (Å²) < 4.78 is 0. The molecule has 2 heterocycles. The van der Waals surface area contributed by atoms with Crippen molar-refractivity contribution in [2.24, 2.45) is 10.9 Å². The van der Waals surface area contributed by atoms with Crippen LogP contribution in [0.4, 0.5) is 5.69 Å². The van der Waals surface area contributed by atoms with Gasteiger partial charge in [-0.05, 0) is 44.5 Å². The van der Waals surface area contributed by atoms with Crippen LogP contribution in [0.1, 0.15) is 20.3 Å². The maximum Gasteiger partial charge on any atom is 0.191 e. The van der Waals surface area contributed by atoms with Gasteiger partial charge in [0.25, 0.3) is 0 Å². The molecule has 2 fully saturated rings. The van der Waals surface area contributed by atoms with Crippen LogP contribution in [-0.4, -0.2) is 87.8 Å². The third-order valence-electron chi connectivity index (χ3n) is 5.77. The average Bonchev–Trinajstić information content (AvgIpc) is 3.17. The van der Waals surface area contributed by atoms with Crippen LogP contribution in [0.2, 0.25) is 5.02 Å². The van der Waals surface area contributed by atoms with Crippen molar-refractivity contribution in [3.8, 4) is 0 Å². The molecule has 2 aliphatic heterocycles. The summed E-state index contributed by atoms with van der Waals surface area (Å²) in [5.74, 6) is 1.50. The van der Waals surface area contributed by atoms with Crippen LogP contribution in [0.5, 0.6) is 0 Å². The number of likely N-dealkylation sites (N-methyl/N-ethyl adjacent to an activating group) is 1. The highest BCUT2D eigenvalue weighted by atomic mass is 127. The van der Waals surface area contributed by atoms with E-state index in [9.17, 15) is 0 Å². The van der Waals surface area contributed by atoms with Crippen molar-refractivity contribution >= 4 is 47.2 Å². The Labute approximate surface area is 204 Å². The molecule has 0 aliphatic carbocycles. The van der Waals surface area contributed by atoms with Crippen LogP contribution in [0.25, 0.3) is 0 Å². The van der Waals surface area contributed by atoms with E-state index in [1.165, 1.54) is 31.9 Å². The summed E-state index contributed by atoms with van der Waals surface area (Å²) in [6, 6.07) is 8.53. The highest BCUT2D eigenvalue weighted by molar-refractivity contribution is 14.0. The maximum atomic E-state index is 6.16. The predicted octanol–water partition coefficient (Wildman–Crippen LogP) is 2.98. The molecule has 0 amide bonds. The molecule has 0 radical (unpaired) electrons. The first-order valence-corrected chi connectivity index (χ1v) is 11.4. The minimum absolute atomic E-state index is 0. The molecule has 0 bridgehead atoms. The van der Waals surface area contributed by atoms with E-state index in [4.69, 9.17) is 16.6 Å². The third-order valence-corrected chi connectivity index (χ3v) is 6.01. The smallest absolute Gasteiger partial charge is 0.191 e. The van der Waals surface area contributed by atoms with Crippen LogP contribution in [0, 0.1) is 5.92 Å². The predicted molar refractivity (Wildman–Crippen MR) is 140 cm³/mol. The van der Waals surface area contributed by atoms with Crippen LogP contribution < -0.4 is 15.5 Å². The van der Waals surface area contributed by atoms with Gasteiger partial charge in [0.1, 0.15) is 0 Å². The Kier molecular flexibility index (Phi) is 11.0. The summed E-state index contributed by atoms with van der Waals surface area (Å²) in [5.41, 5.74) is 1.20. The fourth-order valence-corrected chi connectivity index (χ4v) is 4.26. The molecule has 0 spiro atoms. The number of hydrogen-bond donors (Lipinski definition) is 2. The van der Waals surface area contributed by atoms with E-state index in [-0.39, 0.29) is 24.0 Å². The van der Waals surface area contributed by atoms with E-state index in [1.54, 1.807) is 0 Å². The molecular formula is C22H38ClIN6. The number of piperazine rings is 1. The highest BCUT2D eigenvalue weighted by Crippen LogP contribution is 2.23. The normalized spacial score (nSPS) is 21.9. The quantitative estimate of drug-likeness (QED) is 0.312. The molecule has 30 heavy (non-hydrogen) atoms. The lowest BCUT2D eigenvalue weighted by Gasteiger charge is -2.33. The summed E-state index contributed by atoms with van der Waals surface area (Å²) in [7, 11) is 2.20. The zero-order chi connectivity index (χ0) is 20.6. The Hall–Kier alpha value is -0.770. The molecule has 2 unspecified atom stereocenters. The third kappa shape index (κ3) is 8.05. The number of rotatable bonds is 7. The molecule has 8 heteroatoms. The maximum absolute atomic E-state index is 6.16. The van der Waals surface area contributed by atoms with E-state index in [0.717, 1.165) is 50.1 Å². The molecule has 2 saturated heterocycles. The monoisotopic (exact) mass is 548 g/mol. The fraction of sp³-hybridized carbons (Fsp3) is 0.682. The average molecular weight is 549 g/mol. The second-order valence-electron chi connectivity index (χ2n) is 8.48. The number of hydrogen-bond acceptors (Lipinski definition) is 4. The molecule has 2 N–H and O–H groups in total. The topological polar surface area (TPSA) is 46.1 Å². The van der Waals surface area contributed by atoms with Crippen molar-refractivity contribution in [2.75, 3.05) is 70.9 Å². The number of guanidine groups is 1. The molecule has 1 aromatic carbocycles. The van der Waals surface area contributed by atoms with Crippen molar-refractivity contribution in [2.45, 2.75) is 26.3 Å². The SMILES string of the molecule is CCNC(=NCC(C)CN1CCN(C)CC1)NC1CCN(c2cccc(Cl)c2)C1.I. The van der Waals surface area contributed by atoms with E-state index in [2.05, 4.69) is 52.3 Å². The minimum Gasteiger partial charge on any atom is -0.369 e. The van der Waals surface area contributed by atoms with Gasteiger partial charge in [-0.3, -0.25) is 4.99 Å². The lowest BCUT2D eigenvalue weighted by molar-refractivity contribution is 0.140. The van der Waals surface area contributed by atoms with E-state index in [0.29, 0.717) is 12.0 Å². The Morgan fingerprint density at radius 1 is 1.23 bits per heavy atom. The van der Waals surface area contributed by atoms with Crippen molar-refractivity contribution < 1.29 is 0 Å². The summed E-state index contributed by atoms with van der Waals surface area (Å²) in [5, 5.41) is 7.85. The van der Waals surface area contributed by atoms with Gasteiger partial charge < -0.3 is 25.3 Å².